The van der Waals surface area contributed by atoms with Crippen molar-refractivity contribution < 1.29 is 9.90 Å². The van der Waals surface area contributed by atoms with E-state index >= 15 is 0 Å². The third-order valence-corrected chi connectivity index (χ3v) is 3.08. The van der Waals surface area contributed by atoms with Crippen molar-refractivity contribution in [3.8, 4) is 5.75 Å². The number of carbonyl (C=O) groups is 1. The summed E-state index contributed by atoms with van der Waals surface area (Å²) in [7, 11) is 0. The Morgan fingerprint density at radius 2 is 2.08 bits per heavy atom. The lowest BCUT2D eigenvalue weighted by Crippen LogP contribution is -1.84. The fourth-order valence-corrected chi connectivity index (χ4v) is 1.61. The third-order valence-electron chi connectivity index (χ3n) is 1.29. The number of aromatic hydroxyl groups is 1. The smallest absolute Gasteiger partial charge is 0.153 e. The first kappa shape index (κ1) is 9.84. The van der Waals surface area contributed by atoms with Gasteiger partial charge in [-0.15, -0.1) is 0 Å². The molecule has 0 radical (unpaired) electrons. The predicted octanol–water partition coefficient (Wildman–Crippen LogP) is 3.27. The molecule has 1 N–H and O–H groups in total. The molecule has 0 aromatic heterocycles. The largest absolute Gasteiger partial charge is 0.506 e. The molecule has 0 fully saturated rings. The Bertz CT molecular complexity index is 339. The van der Waals surface area contributed by atoms with E-state index in [1.807, 2.05) is 0 Å². The molecule has 0 heterocycles. The summed E-state index contributed by atoms with van der Waals surface area (Å²) in [5.41, 5.74) is 0.108. The van der Waals surface area contributed by atoms with Crippen molar-refractivity contribution >= 4 is 45.4 Å². The van der Waals surface area contributed by atoms with Crippen LogP contribution < -0.4 is 0 Å². The number of carbonyl (C=O) groups excluding carboxylic acids is 1. The van der Waals surface area contributed by atoms with Gasteiger partial charge in [-0.2, -0.15) is 0 Å². The van der Waals surface area contributed by atoms with Crippen LogP contribution in [0.1, 0.15) is 10.4 Å². The van der Waals surface area contributed by atoms with Gasteiger partial charge in [0.25, 0.3) is 0 Å². The van der Waals surface area contributed by atoms with Gasteiger partial charge in [0, 0.05) is 0 Å². The standard InChI is InChI=1S/C7H3BrCl2O2/c8-5-6(10)4(9)1-3(2-11)7(5)12/h1-2,12H. The molecule has 0 amide bonds. The Morgan fingerprint density at radius 1 is 1.50 bits per heavy atom. The molecule has 1 rings (SSSR count). The van der Waals surface area contributed by atoms with Gasteiger partial charge in [-0.1, -0.05) is 23.2 Å². The SMILES string of the molecule is O=Cc1cc(Cl)c(Cl)c(Br)c1O. The predicted molar refractivity (Wildman–Crippen MR) is 51.2 cm³/mol. The lowest BCUT2D eigenvalue weighted by Gasteiger charge is -2.03. The average Bonchev–Trinajstić information content (AvgIpc) is 2.08. The normalized spacial score (nSPS) is 9.92. The van der Waals surface area contributed by atoms with Crippen LogP contribution in [0, 0.1) is 0 Å². The van der Waals surface area contributed by atoms with E-state index in [9.17, 15) is 9.90 Å². The van der Waals surface area contributed by atoms with Gasteiger partial charge in [0.2, 0.25) is 0 Å². The topological polar surface area (TPSA) is 37.3 Å². The molecule has 5 heteroatoms. The molecule has 0 saturated carbocycles. The van der Waals surface area contributed by atoms with E-state index < -0.39 is 0 Å². The second kappa shape index (κ2) is 3.64. The number of rotatable bonds is 1. The van der Waals surface area contributed by atoms with Crippen LogP contribution in [0.3, 0.4) is 0 Å². The molecule has 64 valence electrons. The van der Waals surface area contributed by atoms with Gasteiger partial charge in [0.15, 0.2) is 6.29 Å². The summed E-state index contributed by atoms with van der Waals surface area (Å²) in [6, 6.07) is 1.30. The second-order valence-corrected chi connectivity index (χ2v) is 3.62. The highest BCUT2D eigenvalue weighted by atomic mass is 79.9. The Labute approximate surface area is 87.2 Å². The maximum atomic E-state index is 10.4. The first-order chi connectivity index (χ1) is 5.57. The van der Waals surface area contributed by atoms with Crippen LogP contribution in [0.25, 0.3) is 0 Å². The molecule has 1 aromatic rings. The summed E-state index contributed by atoms with van der Waals surface area (Å²) in [6.45, 7) is 0. The van der Waals surface area contributed by atoms with Crippen molar-refractivity contribution in [3.63, 3.8) is 0 Å². The number of phenols is 1. The molecule has 0 aliphatic rings. The quantitative estimate of drug-likeness (QED) is 0.628. The summed E-state index contributed by atoms with van der Waals surface area (Å²) in [5, 5.41) is 9.70. The lowest BCUT2D eigenvalue weighted by atomic mass is 10.2. The second-order valence-electron chi connectivity index (χ2n) is 2.04. The molecule has 2 nitrogen and oxygen atoms in total. The molecule has 0 saturated heterocycles. The highest BCUT2D eigenvalue weighted by Gasteiger charge is 2.12. The van der Waals surface area contributed by atoms with Gasteiger partial charge in [-0.3, -0.25) is 4.79 Å². The van der Waals surface area contributed by atoms with Gasteiger partial charge in [0.1, 0.15) is 5.75 Å². The molecular weight excluding hydrogens is 267 g/mol. The maximum absolute atomic E-state index is 10.4. The number of phenolic OH excluding ortho intramolecular Hbond substituents is 1. The minimum absolute atomic E-state index is 0.108. The average molecular weight is 270 g/mol. The number of hydrogen-bond donors (Lipinski definition) is 1. The Hall–Kier alpha value is -0.250. The van der Waals surface area contributed by atoms with Crippen molar-refractivity contribution in [2.45, 2.75) is 0 Å². The van der Waals surface area contributed by atoms with Crippen LogP contribution in [-0.4, -0.2) is 11.4 Å². The molecule has 0 atom stereocenters. The monoisotopic (exact) mass is 268 g/mol. The van der Waals surface area contributed by atoms with E-state index in [1.54, 1.807) is 0 Å². The fourth-order valence-electron chi connectivity index (χ4n) is 0.694. The zero-order valence-electron chi connectivity index (χ0n) is 5.64. The van der Waals surface area contributed by atoms with Crippen molar-refractivity contribution in [3.05, 3.63) is 26.1 Å². The number of hydrogen-bond acceptors (Lipinski definition) is 2. The van der Waals surface area contributed by atoms with E-state index in [0.29, 0.717) is 6.29 Å². The molecule has 0 unspecified atom stereocenters. The van der Waals surface area contributed by atoms with Gasteiger partial charge in [0.05, 0.1) is 20.1 Å². The van der Waals surface area contributed by atoms with Crippen molar-refractivity contribution in [2.24, 2.45) is 0 Å². The summed E-state index contributed by atoms with van der Waals surface area (Å²) in [5.74, 6) is -0.195. The fraction of sp³-hybridized carbons (Fsp3) is 0. The summed E-state index contributed by atoms with van der Waals surface area (Å²) >= 11 is 14.3. The zero-order chi connectivity index (χ0) is 9.30. The molecule has 0 spiro atoms. The molecule has 0 aliphatic heterocycles. The summed E-state index contributed by atoms with van der Waals surface area (Å²) < 4.78 is 0.235. The minimum Gasteiger partial charge on any atom is -0.506 e. The van der Waals surface area contributed by atoms with Gasteiger partial charge < -0.3 is 5.11 Å². The first-order valence-corrected chi connectivity index (χ1v) is 4.44. The Balaban J connectivity index is 3.49. The van der Waals surface area contributed by atoms with E-state index in [0.717, 1.165) is 0 Å². The lowest BCUT2D eigenvalue weighted by molar-refractivity contribution is 0.112. The zero-order valence-corrected chi connectivity index (χ0v) is 8.74. The first-order valence-electron chi connectivity index (χ1n) is 2.89. The third kappa shape index (κ3) is 1.58. The number of aldehydes is 1. The molecular formula is C7H3BrCl2O2. The Kier molecular flexibility index (Phi) is 2.99. The molecule has 1 aromatic carbocycles. The summed E-state index contributed by atoms with van der Waals surface area (Å²) in [4.78, 5) is 10.4. The maximum Gasteiger partial charge on any atom is 0.153 e. The molecule has 0 aliphatic carbocycles. The van der Waals surface area contributed by atoms with Crippen molar-refractivity contribution in [1.82, 2.24) is 0 Å². The summed E-state index contributed by atoms with van der Waals surface area (Å²) in [6.07, 6.45) is 0.502. The van der Waals surface area contributed by atoms with E-state index in [-0.39, 0.29) is 25.8 Å². The highest BCUT2D eigenvalue weighted by molar-refractivity contribution is 9.10. The van der Waals surface area contributed by atoms with E-state index in [4.69, 9.17) is 23.2 Å². The van der Waals surface area contributed by atoms with Crippen LogP contribution in [0.2, 0.25) is 10.0 Å². The van der Waals surface area contributed by atoms with Gasteiger partial charge in [-0.25, -0.2) is 0 Å². The van der Waals surface area contributed by atoms with Gasteiger partial charge in [-0.05, 0) is 22.0 Å². The number of halogens is 3. The van der Waals surface area contributed by atoms with Crippen molar-refractivity contribution in [2.75, 3.05) is 0 Å². The molecule has 0 bridgehead atoms. The van der Waals surface area contributed by atoms with E-state index in [1.165, 1.54) is 6.07 Å². The molecule has 12 heavy (non-hydrogen) atoms. The van der Waals surface area contributed by atoms with Crippen LogP contribution in [0.5, 0.6) is 5.75 Å². The highest BCUT2D eigenvalue weighted by Crippen LogP contribution is 2.38. The minimum atomic E-state index is -0.195. The van der Waals surface area contributed by atoms with Crippen LogP contribution in [0.4, 0.5) is 0 Å². The van der Waals surface area contributed by atoms with Crippen LogP contribution >= 0.6 is 39.1 Å². The van der Waals surface area contributed by atoms with Crippen LogP contribution in [-0.2, 0) is 0 Å². The van der Waals surface area contributed by atoms with Crippen molar-refractivity contribution in [1.29, 1.82) is 0 Å². The Morgan fingerprint density at radius 3 is 2.58 bits per heavy atom. The van der Waals surface area contributed by atoms with Crippen LogP contribution in [0.15, 0.2) is 10.5 Å². The number of benzene rings is 1. The van der Waals surface area contributed by atoms with Gasteiger partial charge >= 0.3 is 0 Å². The van der Waals surface area contributed by atoms with E-state index in [2.05, 4.69) is 15.9 Å².